The van der Waals surface area contributed by atoms with Gasteiger partial charge in [0.15, 0.2) is 17.2 Å². The normalized spacial score (nSPS) is 17.2. The van der Waals surface area contributed by atoms with Crippen LogP contribution in [0, 0.1) is 5.92 Å². The molecule has 3 heterocycles. The fraction of sp³-hybridized carbons (Fsp3) is 0.413. The Labute approximate surface area is 740 Å². The van der Waals surface area contributed by atoms with Crippen molar-refractivity contribution in [1.29, 1.82) is 0 Å². The molecule has 0 saturated heterocycles. The van der Waals surface area contributed by atoms with Gasteiger partial charge in [-0.2, -0.15) is 15.3 Å². The van der Waals surface area contributed by atoms with Crippen molar-refractivity contribution in [3.63, 3.8) is 0 Å². The van der Waals surface area contributed by atoms with Crippen molar-refractivity contribution in [3.05, 3.63) is 197 Å². The largest absolute Gasteiger partial charge is 0.497 e. The van der Waals surface area contributed by atoms with Crippen LogP contribution in [0.2, 0.25) is 20.1 Å². The summed E-state index contributed by atoms with van der Waals surface area (Å²) in [5.74, 6) is 4.63. The zero-order chi connectivity index (χ0) is 89.4. The van der Waals surface area contributed by atoms with Gasteiger partial charge in [-0.05, 0) is 205 Å². The van der Waals surface area contributed by atoms with Gasteiger partial charge in [-0.1, -0.05) is 65.1 Å². The molecule has 1 amide bonds. The predicted octanol–water partition coefficient (Wildman–Crippen LogP) is 18.2. The number of hydrogen-bond donors (Lipinski definition) is 5. The Morgan fingerprint density at radius 1 is 0.435 bits per heavy atom. The lowest BCUT2D eigenvalue weighted by molar-refractivity contribution is -0.157. The minimum atomic E-state index is -0.919. The van der Waals surface area contributed by atoms with Crippen LogP contribution in [0.4, 0.5) is 17.2 Å². The number of H-pyrrole nitrogens is 3. The molecular weight excluding hydrogens is 1680 g/mol. The van der Waals surface area contributed by atoms with Crippen LogP contribution in [0.1, 0.15) is 197 Å². The average Bonchev–Trinajstić information content (AvgIpc) is 1.40. The van der Waals surface area contributed by atoms with Gasteiger partial charge in [-0.25, -0.2) is 14.4 Å². The zero-order valence-electron chi connectivity index (χ0n) is 71.9. The first kappa shape index (κ1) is 94.8. The highest BCUT2D eigenvalue weighted by atomic mass is 35.5. The lowest BCUT2D eigenvalue weighted by atomic mass is 9.76. The molecule has 662 valence electrons. The van der Waals surface area contributed by atoms with Gasteiger partial charge in [0, 0.05) is 94.5 Å². The van der Waals surface area contributed by atoms with Crippen molar-refractivity contribution in [2.75, 3.05) is 102 Å². The van der Waals surface area contributed by atoms with Gasteiger partial charge < -0.3 is 72.2 Å². The average molecular weight is 1790 g/mol. The highest BCUT2D eigenvalue weighted by Gasteiger charge is 2.39. The minimum Gasteiger partial charge on any atom is -0.497 e. The van der Waals surface area contributed by atoms with Crippen molar-refractivity contribution in [3.8, 4) is 57.5 Å². The predicted molar refractivity (Wildman–Crippen MR) is 471 cm³/mol. The Kier molecular flexibility index (Phi) is 34.6. The van der Waals surface area contributed by atoms with E-state index >= 15 is 0 Å². The van der Waals surface area contributed by atoms with Gasteiger partial charge in [0.25, 0.3) is 0 Å². The molecule has 6 unspecified atom stereocenters. The van der Waals surface area contributed by atoms with Crippen LogP contribution in [0.3, 0.4) is 0 Å². The second-order valence-electron chi connectivity index (χ2n) is 29.7. The van der Waals surface area contributed by atoms with Crippen LogP contribution >= 0.6 is 46.4 Å². The number of aromatic amines is 3. The minimum absolute atomic E-state index is 0.0206. The summed E-state index contributed by atoms with van der Waals surface area (Å²) < 4.78 is 68.1. The summed E-state index contributed by atoms with van der Waals surface area (Å²) in [6.07, 6.45) is 12.8. The number of carbonyl (C=O) groups excluding carboxylic acids is 7. The topological polar surface area (TPSA) is 350 Å². The monoisotopic (exact) mass is 1780 g/mol. The van der Waals surface area contributed by atoms with Crippen LogP contribution in [0.25, 0.3) is 0 Å². The Morgan fingerprint density at radius 3 is 1.21 bits per heavy atom. The molecule has 28 nitrogen and oxygen atoms in total. The fourth-order valence-electron chi connectivity index (χ4n) is 16.1. The number of aromatic nitrogens is 6. The molecule has 2 fully saturated rings. The van der Waals surface area contributed by atoms with Crippen LogP contribution in [0.5, 0.6) is 57.5 Å². The number of halogens is 4. The van der Waals surface area contributed by atoms with E-state index in [1.54, 1.807) is 110 Å². The van der Waals surface area contributed by atoms with Crippen LogP contribution in [-0.2, 0) is 76.7 Å². The number of rotatable bonds is 26. The van der Waals surface area contributed by atoms with E-state index in [2.05, 4.69) is 47.8 Å². The molecular formula is C92H106Cl4N8O20. The number of carbonyl (C=O) groups is 7. The van der Waals surface area contributed by atoms with E-state index in [1.807, 2.05) is 72.8 Å². The molecule has 32 heteroatoms. The molecule has 0 bridgehead atoms. The molecule has 5 aliphatic rings. The molecule has 0 aliphatic heterocycles. The number of ether oxygens (including phenoxy) is 13. The Hall–Kier alpha value is -11.5. The Morgan fingerprint density at radius 2 is 0.815 bits per heavy atom. The third-order valence-corrected chi connectivity index (χ3v) is 24.0. The number of anilines is 3. The van der Waals surface area contributed by atoms with Crippen molar-refractivity contribution in [2.24, 2.45) is 5.92 Å². The molecule has 2 saturated carbocycles. The van der Waals surface area contributed by atoms with Crippen LogP contribution in [-0.4, -0.2) is 163 Å². The summed E-state index contributed by atoms with van der Waals surface area (Å²) in [6, 6.07) is 28.1. The maximum Gasteiger partial charge on any atom is 0.375 e. The number of fused-ring (bicyclic) bond motifs is 3. The number of methoxy groups -OCH3 is 10. The summed E-state index contributed by atoms with van der Waals surface area (Å²) in [5, 5.41) is 30.0. The number of esters is 3. The lowest BCUT2D eigenvalue weighted by Gasteiger charge is -2.26. The molecule has 6 aromatic carbocycles. The van der Waals surface area contributed by atoms with Gasteiger partial charge in [0.05, 0.1) is 128 Å². The molecule has 6 atom stereocenters. The van der Waals surface area contributed by atoms with Crippen LogP contribution < -0.4 is 58.0 Å². The van der Waals surface area contributed by atoms with Gasteiger partial charge >= 0.3 is 17.9 Å². The molecule has 9 aromatic rings. The zero-order valence-corrected chi connectivity index (χ0v) is 74.9. The SMILES string of the molecule is C=CC(=O)Nc1ccccc1Nc1n[nH]c2c1CCC(c1c(Cl)c(OC)cc(OC)c1Cl)C2.CCOC(=O)C(=O)C1CCC(c2cc(OC)cc(OC)c2)CC1=O.CCOC(=O)c1n[nH]c2c1CCC(c1c(Cl)c(OC)cc(OC)c1Cl)C2.CCOC(=O)c1n[nH]c2c1CCC(c1cc(OC)cc(OC)c1)C2.COc1cc(OC)cc(C2CCCC(=O)C2)c1. The molecule has 5 N–H and O–H groups in total. The first-order chi connectivity index (χ1) is 59.8. The molecule has 0 radical (unpaired) electrons. The van der Waals surface area contributed by atoms with E-state index in [4.69, 9.17) is 108 Å². The number of benzene rings is 6. The van der Waals surface area contributed by atoms with Crippen molar-refractivity contribution >= 4 is 105 Å². The number of amides is 1. The standard InChI is InChI=1S/C24H24Cl2N4O3.C18H20Cl2N2O4.C18H22N2O4.C18H22O6.C14H18O3/c1-4-20(31)27-15-7-5-6-8-16(15)28-24-14-10-9-13(11-17(14)29-30-24)21-22(25)18(32-2)12-19(33-3)23(21)26;1-4-26-18(23)17-10-6-5-9(7-11(10)21-22-17)14-15(19)12(24-2)8-13(25-3)16(14)20;1-4-24-18(21)17-15-6-5-11(9-16(15)19-20-17)12-7-13(22-2)10-14(8-12)23-3;1-4-24-18(21)17(20)15-6-5-11(9-16(15)19)12-7-13(22-2)10-14(8-12)23-3;1-16-13-7-11(8-14(9-13)17-2)10-4-3-5-12(15)6-10/h4-8,12-13H,1,9-11H2,2-3H3,(H,27,31)(H2,28,29,30);8-9H,4-7H2,1-3H3,(H,21,22);7-8,10-11H,4-6,9H2,1-3H3,(H,19,20);7-8,10-11,15H,4-6,9H2,1-3H3;7-10H,3-6H2,1-2H3. The summed E-state index contributed by atoms with van der Waals surface area (Å²) >= 11 is 26.4. The van der Waals surface area contributed by atoms with Crippen molar-refractivity contribution < 1.29 is 95.1 Å². The van der Waals surface area contributed by atoms with E-state index in [1.165, 1.54) is 11.6 Å². The van der Waals surface area contributed by atoms with Gasteiger partial charge in [0.1, 0.15) is 69.1 Å². The van der Waals surface area contributed by atoms with E-state index < -0.39 is 23.6 Å². The van der Waals surface area contributed by atoms with Crippen LogP contribution in [0.15, 0.2) is 104 Å². The number of nitrogens with zero attached hydrogens (tertiary/aromatic N) is 3. The number of para-hydroxylation sites is 2. The molecule has 124 heavy (non-hydrogen) atoms. The maximum atomic E-state index is 12.3. The Bertz CT molecular complexity index is 5170. The third kappa shape index (κ3) is 23.1. The second kappa shape index (κ2) is 45.3. The molecule has 5 aliphatic carbocycles. The molecule has 3 aromatic heterocycles. The first-order valence-corrected chi connectivity index (χ1v) is 42.3. The number of hydrogen-bond acceptors (Lipinski definition) is 24. The lowest BCUT2D eigenvalue weighted by Crippen LogP contribution is -2.35. The smallest absolute Gasteiger partial charge is 0.375 e. The summed E-state index contributed by atoms with van der Waals surface area (Å²) in [6.45, 7) is 9.49. The summed E-state index contributed by atoms with van der Waals surface area (Å²) in [4.78, 5) is 83.1. The van der Waals surface area contributed by atoms with Gasteiger partial charge in [0.2, 0.25) is 11.7 Å². The Balaban J connectivity index is 0.000000164. The molecule has 0 spiro atoms. The number of nitrogens with one attached hydrogen (secondary N) is 5. The second-order valence-corrected chi connectivity index (χ2v) is 31.2. The fourth-order valence-corrected chi connectivity index (χ4v) is 17.7. The summed E-state index contributed by atoms with van der Waals surface area (Å²) in [7, 11) is 16.0. The van der Waals surface area contributed by atoms with E-state index in [0.717, 1.165) is 148 Å². The van der Waals surface area contributed by atoms with E-state index in [9.17, 15) is 33.6 Å². The first-order valence-electron chi connectivity index (χ1n) is 40.8. The van der Waals surface area contributed by atoms with Crippen molar-refractivity contribution in [1.82, 2.24) is 30.6 Å². The molecule has 14 rings (SSSR count). The van der Waals surface area contributed by atoms with Gasteiger partial charge in [-0.3, -0.25) is 34.5 Å². The number of ketones is 3. The van der Waals surface area contributed by atoms with Gasteiger partial charge in [-0.15, -0.1) is 0 Å². The van der Waals surface area contributed by atoms with E-state index in [0.29, 0.717) is 141 Å². The summed E-state index contributed by atoms with van der Waals surface area (Å²) in [5.41, 5.74) is 12.9. The maximum absolute atomic E-state index is 12.3. The highest BCUT2D eigenvalue weighted by molar-refractivity contribution is 6.39. The quantitative estimate of drug-likeness (QED) is 0.0110. The highest BCUT2D eigenvalue weighted by Crippen LogP contribution is 2.51. The number of Topliss-reactive ketones (excluding diaryl/α,β-unsaturated/α-hetero) is 3. The van der Waals surface area contributed by atoms with Crippen molar-refractivity contribution in [2.45, 2.75) is 153 Å². The third-order valence-electron chi connectivity index (χ3n) is 22.5. The van der Waals surface area contributed by atoms with E-state index in [-0.39, 0.29) is 48.4 Å².